The lowest BCUT2D eigenvalue weighted by Gasteiger charge is -2.34. The number of likely N-dealkylation sites (N-methyl/N-ethyl adjacent to an activating group) is 1. The summed E-state index contributed by atoms with van der Waals surface area (Å²) in [5, 5.41) is 6.67. The maximum Gasteiger partial charge on any atom is 0.159 e. The van der Waals surface area contributed by atoms with Crippen LogP contribution in [0.1, 0.15) is 11.1 Å². The maximum absolute atomic E-state index is 11.6. The van der Waals surface area contributed by atoms with Gasteiger partial charge in [0.05, 0.1) is 12.8 Å². The van der Waals surface area contributed by atoms with Gasteiger partial charge in [0, 0.05) is 57.0 Å². The second-order valence-electron chi connectivity index (χ2n) is 8.61. The average Bonchev–Trinajstić information content (AvgIpc) is 2.88. The summed E-state index contributed by atoms with van der Waals surface area (Å²) in [6.07, 6.45) is 3.23. The molecule has 1 aliphatic rings. The number of hydrogen-bond donors (Lipinski definition) is 2. The fraction of sp³-hybridized carbons (Fsp3) is 0.296. The Morgan fingerprint density at radius 1 is 1.06 bits per heavy atom. The lowest BCUT2D eigenvalue weighted by atomic mass is 10.1. The summed E-state index contributed by atoms with van der Waals surface area (Å²) < 4.78 is 5.66. The van der Waals surface area contributed by atoms with Crippen LogP contribution >= 0.6 is 0 Å². The molecule has 2 aromatic carbocycles. The number of carbonyl (C=O) groups is 1. The number of ketones is 1. The Morgan fingerprint density at radius 2 is 1.83 bits per heavy atom. The van der Waals surface area contributed by atoms with Gasteiger partial charge in [-0.15, -0.1) is 0 Å². The van der Waals surface area contributed by atoms with Crippen LogP contribution in [-0.2, 0) is 17.8 Å². The SMILES string of the molecule is C=CC(=O)Cc1cccc(CNc2cc(Nc3ccc(N4CCN(C)CC4)cc3OC)ncn2)c1. The van der Waals surface area contributed by atoms with Gasteiger partial charge in [0.25, 0.3) is 0 Å². The van der Waals surface area contributed by atoms with Crippen molar-refractivity contribution in [2.45, 2.75) is 13.0 Å². The van der Waals surface area contributed by atoms with Gasteiger partial charge in [-0.3, -0.25) is 4.79 Å². The molecule has 0 radical (unpaired) electrons. The Balaban J connectivity index is 1.41. The van der Waals surface area contributed by atoms with Gasteiger partial charge < -0.3 is 25.2 Å². The largest absolute Gasteiger partial charge is 0.494 e. The molecule has 4 rings (SSSR count). The number of allylic oxidation sites excluding steroid dienone is 1. The molecule has 0 atom stereocenters. The summed E-state index contributed by atoms with van der Waals surface area (Å²) in [6, 6.07) is 16.0. The third-order valence-corrected chi connectivity index (χ3v) is 6.05. The summed E-state index contributed by atoms with van der Waals surface area (Å²) >= 11 is 0. The average molecular weight is 473 g/mol. The fourth-order valence-electron chi connectivity index (χ4n) is 4.02. The summed E-state index contributed by atoms with van der Waals surface area (Å²) in [6.45, 7) is 8.22. The molecular formula is C27H32N6O2. The zero-order valence-electron chi connectivity index (χ0n) is 20.3. The molecular weight excluding hydrogens is 440 g/mol. The first-order valence-electron chi connectivity index (χ1n) is 11.7. The Morgan fingerprint density at radius 3 is 2.60 bits per heavy atom. The number of carbonyl (C=O) groups excluding carboxylic acids is 1. The zero-order valence-corrected chi connectivity index (χ0v) is 20.3. The number of methoxy groups -OCH3 is 1. The van der Waals surface area contributed by atoms with E-state index in [0.29, 0.717) is 24.6 Å². The number of hydrogen-bond acceptors (Lipinski definition) is 8. The Hall–Kier alpha value is -3.91. The quantitative estimate of drug-likeness (QED) is 0.430. The van der Waals surface area contributed by atoms with Crippen molar-refractivity contribution in [1.82, 2.24) is 14.9 Å². The minimum absolute atomic E-state index is 0.00798. The number of nitrogens with one attached hydrogen (secondary N) is 2. The molecule has 0 amide bonds. The molecule has 0 unspecified atom stereocenters. The van der Waals surface area contributed by atoms with Crippen LogP contribution < -0.4 is 20.3 Å². The molecule has 8 heteroatoms. The highest BCUT2D eigenvalue weighted by Crippen LogP contribution is 2.32. The number of benzene rings is 2. The second-order valence-corrected chi connectivity index (χ2v) is 8.61. The van der Waals surface area contributed by atoms with Crippen LogP contribution in [0.15, 0.2) is 67.5 Å². The van der Waals surface area contributed by atoms with Crippen molar-refractivity contribution in [3.63, 3.8) is 0 Å². The van der Waals surface area contributed by atoms with E-state index in [9.17, 15) is 4.79 Å². The maximum atomic E-state index is 11.6. The normalized spacial score (nSPS) is 13.8. The lowest BCUT2D eigenvalue weighted by molar-refractivity contribution is -0.114. The number of ether oxygens (including phenoxy) is 1. The molecule has 1 fully saturated rings. The number of nitrogens with zero attached hydrogens (tertiary/aromatic N) is 4. The van der Waals surface area contributed by atoms with E-state index in [1.54, 1.807) is 7.11 Å². The fourth-order valence-corrected chi connectivity index (χ4v) is 4.02. The van der Waals surface area contributed by atoms with E-state index in [1.165, 1.54) is 12.4 Å². The van der Waals surface area contributed by atoms with E-state index in [-0.39, 0.29) is 5.78 Å². The van der Waals surface area contributed by atoms with Crippen molar-refractivity contribution < 1.29 is 9.53 Å². The molecule has 182 valence electrons. The summed E-state index contributed by atoms with van der Waals surface area (Å²) in [5.74, 6) is 2.13. The molecule has 2 N–H and O–H groups in total. The minimum atomic E-state index is 0.00798. The van der Waals surface area contributed by atoms with Gasteiger partial charge in [0.2, 0.25) is 0 Å². The number of piperazine rings is 1. The van der Waals surface area contributed by atoms with E-state index in [4.69, 9.17) is 4.74 Å². The zero-order chi connectivity index (χ0) is 24.6. The molecule has 0 bridgehead atoms. The highest BCUT2D eigenvalue weighted by atomic mass is 16.5. The van der Waals surface area contributed by atoms with E-state index >= 15 is 0 Å². The third kappa shape index (κ3) is 6.58. The predicted molar refractivity (Wildman–Crippen MR) is 141 cm³/mol. The minimum Gasteiger partial charge on any atom is -0.494 e. The summed E-state index contributed by atoms with van der Waals surface area (Å²) in [7, 11) is 3.83. The topological polar surface area (TPSA) is 82.6 Å². The Bertz CT molecular complexity index is 1170. The molecule has 0 saturated carbocycles. The molecule has 2 heterocycles. The first-order valence-corrected chi connectivity index (χ1v) is 11.7. The molecule has 1 aliphatic heterocycles. The second kappa shape index (κ2) is 11.5. The van der Waals surface area contributed by atoms with Crippen molar-refractivity contribution in [2.24, 2.45) is 0 Å². The Kier molecular flexibility index (Phi) is 7.95. The van der Waals surface area contributed by atoms with Crippen LogP contribution in [0, 0.1) is 0 Å². The van der Waals surface area contributed by atoms with Crippen LogP contribution in [0.25, 0.3) is 0 Å². The lowest BCUT2D eigenvalue weighted by Crippen LogP contribution is -2.44. The van der Waals surface area contributed by atoms with Crippen molar-refractivity contribution in [2.75, 3.05) is 55.9 Å². The van der Waals surface area contributed by atoms with Crippen LogP contribution in [0.2, 0.25) is 0 Å². The van der Waals surface area contributed by atoms with Gasteiger partial charge in [0.15, 0.2) is 5.78 Å². The molecule has 3 aromatic rings. The molecule has 0 aliphatic carbocycles. The van der Waals surface area contributed by atoms with E-state index in [2.05, 4.69) is 56.2 Å². The summed E-state index contributed by atoms with van der Waals surface area (Å²) in [5.41, 5.74) is 4.03. The highest BCUT2D eigenvalue weighted by Gasteiger charge is 2.16. The van der Waals surface area contributed by atoms with Crippen LogP contribution in [0.4, 0.5) is 23.0 Å². The number of anilines is 4. The van der Waals surface area contributed by atoms with Crippen LogP contribution in [0.3, 0.4) is 0 Å². The molecule has 1 aromatic heterocycles. The van der Waals surface area contributed by atoms with Gasteiger partial charge in [-0.2, -0.15) is 0 Å². The van der Waals surface area contributed by atoms with Gasteiger partial charge in [0.1, 0.15) is 23.7 Å². The van der Waals surface area contributed by atoms with Gasteiger partial charge in [-0.25, -0.2) is 9.97 Å². The van der Waals surface area contributed by atoms with Crippen molar-refractivity contribution in [1.29, 1.82) is 0 Å². The number of aromatic nitrogens is 2. The van der Waals surface area contributed by atoms with Crippen LogP contribution in [0.5, 0.6) is 5.75 Å². The molecule has 8 nitrogen and oxygen atoms in total. The molecule has 0 spiro atoms. The van der Waals surface area contributed by atoms with Crippen molar-refractivity contribution in [3.05, 3.63) is 78.6 Å². The number of rotatable bonds is 10. The highest BCUT2D eigenvalue weighted by molar-refractivity contribution is 5.90. The Labute approximate surface area is 206 Å². The monoisotopic (exact) mass is 472 g/mol. The first kappa shape index (κ1) is 24.2. The first-order chi connectivity index (χ1) is 17.0. The van der Waals surface area contributed by atoms with E-state index in [0.717, 1.165) is 54.4 Å². The standard InChI is InChI=1S/C27H32N6O2/c1-4-23(34)15-20-6-5-7-21(14-20)18-28-26-17-27(30-19-29-26)31-24-9-8-22(16-25(24)35-3)33-12-10-32(2)11-13-33/h4-9,14,16-17,19H,1,10-13,15,18H2,2-3H3,(H2,28,29,30,31). The molecule has 35 heavy (non-hydrogen) atoms. The van der Waals surface area contributed by atoms with E-state index in [1.807, 2.05) is 36.4 Å². The van der Waals surface area contributed by atoms with Crippen LogP contribution in [-0.4, -0.2) is 61.0 Å². The van der Waals surface area contributed by atoms with Gasteiger partial charge in [-0.05, 0) is 36.4 Å². The predicted octanol–water partition coefficient (Wildman–Crippen LogP) is 3.89. The van der Waals surface area contributed by atoms with Gasteiger partial charge >= 0.3 is 0 Å². The van der Waals surface area contributed by atoms with Gasteiger partial charge in [-0.1, -0.05) is 30.8 Å². The molecule has 1 saturated heterocycles. The smallest absolute Gasteiger partial charge is 0.159 e. The summed E-state index contributed by atoms with van der Waals surface area (Å²) in [4.78, 5) is 25.1. The van der Waals surface area contributed by atoms with E-state index < -0.39 is 0 Å². The third-order valence-electron chi connectivity index (χ3n) is 6.05. The van der Waals surface area contributed by atoms with Crippen molar-refractivity contribution >= 4 is 28.8 Å². The van der Waals surface area contributed by atoms with Crippen molar-refractivity contribution in [3.8, 4) is 5.75 Å².